The number of pyridine rings is 1. The van der Waals surface area contributed by atoms with E-state index in [1.165, 1.54) is 18.4 Å². The summed E-state index contributed by atoms with van der Waals surface area (Å²) in [5.74, 6) is 0.414. The number of para-hydroxylation sites is 1. The minimum absolute atomic E-state index is 0.241. The molecule has 3 aromatic heterocycles. The molecule has 0 aliphatic rings. The monoisotopic (exact) mass is 435 g/mol. The van der Waals surface area contributed by atoms with Crippen LogP contribution in [0.1, 0.15) is 37.0 Å². The number of methoxy groups -OCH3 is 1. The molecule has 0 saturated heterocycles. The van der Waals surface area contributed by atoms with Gasteiger partial charge < -0.3 is 19.8 Å². The standard InChI is InChI=1S/C23H21N3O4S/c1-13-11-14(2)25-23-18(13)19(26-21(27)16-8-4-5-9-17(16)29-3)20(31-23)22(28)24-12-15-7-6-10-30-15/h4-11H,12H2,1-3H3,(H,24,28)(H,26,27). The van der Waals surface area contributed by atoms with Crippen LogP contribution < -0.4 is 15.4 Å². The SMILES string of the molecule is COc1ccccc1C(=O)Nc1c(C(=O)NCc2ccco2)sc2nc(C)cc(C)c12. The Kier molecular flexibility index (Phi) is 5.73. The van der Waals surface area contributed by atoms with Crippen LogP contribution in [0, 0.1) is 13.8 Å². The Morgan fingerprint density at radius 2 is 1.94 bits per heavy atom. The Hall–Kier alpha value is -3.65. The fraction of sp³-hybridized carbons (Fsp3) is 0.174. The Bertz CT molecular complexity index is 1260. The number of carbonyl (C=O) groups is 2. The predicted octanol–water partition coefficient (Wildman–Crippen LogP) is 4.70. The number of aromatic nitrogens is 1. The molecular formula is C23H21N3O4S. The van der Waals surface area contributed by atoms with Crippen LogP contribution >= 0.6 is 11.3 Å². The van der Waals surface area contributed by atoms with Crippen molar-refractivity contribution in [3.8, 4) is 5.75 Å². The van der Waals surface area contributed by atoms with E-state index in [0.29, 0.717) is 32.5 Å². The van der Waals surface area contributed by atoms with Crippen LogP contribution in [-0.2, 0) is 6.54 Å². The van der Waals surface area contributed by atoms with Crippen LogP contribution in [0.3, 0.4) is 0 Å². The van der Waals surface area contributed by atoms with Gasteiger partial charge in [0.05, 0.1) is 31.2 Å². The zero-order valence-electron chi connectivity index (χ0n) is 17.3. The third-order valence-corrected chi connectivity index (χ3v) is 5.87. The van der Waals surface area contributed by atoms with E-state index in [1.54, 1.807) is 42.7 Å². The maximum absolute atomic E-state index is 13.1. The quantitative estimate of drug-likeness (QED) is 0.458. The molecule has 7 nitrogen and oxygen atoms in total. The first-order valence-electron chi connectivity index (χ1n) is 9.63. The highest BCUT2D eigenvalue weighted by Crippen LogP contribution is 2.38. The lowest BCUT2D eigenvalue weighted by molar-refractivity contribution is 0.0953. The van der Waals surface area contributed by atoms with Crippen molar-refractivity contribution in [3.05, 3.63) is 76.2 Å². The summed E-state index contributed by atoms with van der Waals surface area (Å²) in [5, 5.41) is 6.52. The van der Waals surface area contributed by atoms with Crippen molar-refractivity contribution in [2.45, 2.75) is 20.4 Å². The molecule has 2 amide bonds. The number of rotatable bonds is 6. The van der Waals surface area contributed by atoms with E-state index in [9.17, 15) is 9.59 Å². The zero-order valence-corrected chi connectivity index (χ0v) is 18.1. The maximum atomic E-state index is 13.1. The Morgan fingerprint density at radius 3 is 2.68 bits per heavy atom. The summed E-state index contributed by atoms with van der Waals surface area (Å²) in [5.41, 5.74) is 2.59. The predicted molar refractivity (Wildman–Crippen MR) is 120 cm³/mol. The van der Waals surface area contributed by atoms with Crippen molar-refractivity contribution in [2.24, 2.45) is 0 Å². The van der Waals surface area contributed by atoms with E-state index in [2.05, 4.69) is 15.6 Å². The van der Waals surface area contributed by atoms with Gasteiger partial charge in [-0.05, 0) is 49.7 Å². The van der Waals surface area contributed by atoms with Gasteiger partial charge in [0.25, 0.3) is 11.8 Å². The third kappa shape index (κ3) is 4.15. The van der Waals surface area contributed by atoms with Crippen molar-refractivity contribution >= 4 is 39.1 Å². The molecule has 8 heteroatoms. The fourth-order valence-corrected chi connectivity index (χ4v) is 4.56. The molecule has 1 aromatic carbocycles. The molecule has 0 aliphatic heterocycles. The number of nitrogens with one attached hydrogen (secondary N) is 2. The molecule has 0 fully saturated rings. The smallest absolute Gasteiger partial charge is 0.263 e. The second-order valence-corrected chi connectivity index (χ2v) is 7.98. The highest BCUT2D eigenvalue weighted by atomic mass is 32.1. The fourth-order valence-electron chi connectivity index (χ4n) is 3.39. The maximum Gasteiger partial charge on any atom is 0.263 e. The number of nitrogens with zero attached hydrogens (tertiary/aromatic N) is 1. The number of ether oxygens (including phenoxy) is 1. The summed E-state index contributed by atoms with van der Waals surface area (Å²) in [6.07, 6.45) is 1.55. The van der Waals surface area contributed by atoms with Crippen LogP contribution in [0.2, 0.25) is 0 Å². The number of hydrogen-bond donors (Lipinski definition) is 2. The number of furan rings is 1. The summed E-state index contributed by atoms with van der Waals surface area (Å²) in [6, 6.07) is 12.4. The molecule has 0 radical (unpaired) electrons. The average Bonchev–Trinajstić information content (AvgIpc) is 3.40. The van der Waals surface area contributed by atoms with Crippen LogP contribution in [-0.4, -0.2) is 23.9 Å². The van der Waals surface area contributed by atoms with E-state index in [-0.39, 0.29) is 18.4 Å². The lowest BCUT2D eigenvalue weighted by Crippen LogP contribution is -2.23. The largest absolute Gasteiger partial charge is 0.496 e. The summed E-state index contributed by atoms with van der Waals surface area (Å²) in [4.78, 5) is 31.7. The van der Waals surface area contributed by atoms with Crippen molar-refractivity contribution in [3.63, 3.8) is 0 Å². The number of aryl methyl sites for hydroxylation is 2. The average molecular weight is 436 g/mol. The lowest BCUT2D eigenvalue weighted by atomic mass is 10.1. The van der Waals surface area contributed by atoms with Crippen molar-refractivity contribution < 1.29 is 18.7 Å². The summed E-state index contributed by atoms with van der Waals surface area (Å²) >= 11 is 1.24. The van der Waals surface area contributed by atoms with Crippen LogP contribution in [0.15, 0.2) is 53.1 Å². The van der Waals surface area contributed by atoms with Gasteiger partial charge in [-0.25, -0.2) is 4.98 Å². The lowest BCUT2D eigenvalue weighted by Gasteiger charge is -2.11. The molecule has 0 aliphatic carbocycles. The van der Waals surface area contributed by atoms with Gasteiger partial charge in [-0.15, -0.1) is 11.3 Å². The van der Waals surface area contributed by atoms with Crippen LogP contribution in [0.5, 0.6) is 5.75 Å². The first kappa shape index (κ1) is 20.6. The minimum atomic E-state index is -0.364. The van der Waals surface area contributed by atoms with Crippen molar-refractivity contribution in [2.75, 3.05) is 12.4 Å². The molecule has 0 bridgehead atoms. The van der Waals surface area contributed by atoms with Crippen molar-refractivity contribution in [1.29, 1.82) is 0 Å². The number of amides is 2. The van der Waals surface area contributed by atoms with Crippen LogP contribution in [0.25, 0.3) is 10.2 Å². The number of anilines is 1. The van der Waals surface area contributed by atoms with E-state index in [4.69, 9.17) is 9.15 Å². The Morgan fingerprint density at radius 1 is 1.13 bits per heavy atom. The topological polar surface area (TPSA) is 93.5 Å². The van der Waals surface area contributed by atoms with E-state index < -0.39 is 0 Å². The van der Waals surface area contributed by atoms with Gasteiger partial charge in [0, 0.05) is 11.1 Å². The van der Waals surface area contributed by atoms with E-state index >= 15 is 0 Å². The number of hydrogen-bond acceptors (Lipinski definition) is 6. The minimum Gasteiger partial charge on any atom is -0.496 e. The van der Waals surface area contributed by atoms with Gasteiger partial charge in [0.15, 0.2) is 0 Å². The van der Waals surface area contributed by atoms with E-state index in [1.807, 2.05) is 19.9 Å². The molecule has 31 heavy (non-hydrogen) atoms. The molecule has 4 aromatic rings. The second-order valence-electron chi connectivity index (χ2n) is 6.98. The first-order valence-corrected chi connectivity index (χ1v) is 10.4. The van der Waals surface area contributed by atoms with E-state index in [0.717, 1.165) is 16.6 Å². The van der Waals surface area contributed by atoms with Gasteiger partial charge in [-0.2, -0.15) is 0 Å². The Labute approximate surface area is 183 Å². The molecule has 0 unspecified atom stereocenters. The summed E-state index contributed by atoms with van der Waals surface area (Å²) in [6.45, 7) is 4.08. The van der Waals surface area contributed by atoms with Gasteiger partial charge in [0.1, 0.15) is 21.2 Å². The molecule has 0 atom stereocenters. The molecule has 4 rings (SSSR count). The molecular weight excluding hydrogens is 414 g/mol. The van der Waals surface area contributed by atoms with Gasteiger partial charge in [-0.1, -0.05) is 12.1 Å². The summed E-state index contributed by atoms with van der Waals surface area (Å²) in [7, 11) is 1.51. The number of carbonyl (C=O) groups excluding carboxylic acids is 2. The van der Waals surface area contributed by atoms with Crippen molar-refractivity contribution in [1.82, 2.24) is 10.3 Å². The second kappa shape index (κ2) is 8.61. The number of fused-ring (bicyclic) bond motifs is 1. The molecule has 2 N–H and O–H groups in total. The molecule has 0 spiro atoms. The highest BCUT2D eigenvalue weighted by molar-refractivity contribution is 7.21. The number of thiophene rings is 1. The molecule has 0 saturated carbocycles. The van der Waals surface area contributed by atoms with Gasteiger partial charge in [0.2, 0.25) is 0 Å². The summed E-state index contributed by atoms with van der Waals surface area (Å²) < 4.78 is 10.6. The normalized spacial score (nSPS) is 10.8. The highest BCUT2D eigenvalue weighted by Gasteiger charge is 2.24. The zero-order chi connectivity index (χ0) is 22.0. The van der Waals surface area contributed by atoms with Crippen LogP contribution in [0.4, 0.5) is 5.69 Å². The van der Waals surface area contributed by atoms with Gasteiger partial charge in [-0.3, -0.25) is 9.59 Å². The molecule has 3 heterocycles. The number of benzene rings is 1. The third-order valence-electron chi connectivity index (χ3n) is 4.79. The Balaban J connectivity index is 1.73. The molecule has 158 valence electrons. The van der Waals surface area contributed by atoms with Gasteiger partial charge >= 0.3 is 0 Å². The first-order chi connectivity index (χ1) is 15.0.